The normalized spacial score (nSPS) is 22.8. The number of alkyl halides is 3. The molecule has 2 N–H and O–H groups in total. The minimum absolute atomic E-state index is 0.166. The number of benzene rings is 1. The summed E-state index contributed by atoms with van der Waals surface area (Å²) in [6, 6.07) is 8.89. The largest absolute Gasteiger partial charge is 0.490 e. The summed E-state index contributed by atoms with van der Waals surface area (Å²) in [5, 5.41) is 9.93. The van der Waals surface area contributed by atoms with Crippen LogP contribution in [0.3, 0.4) is 0 Å². The summed E-state index contributed by atoms with van der Waals surface area (Å²) in [5.41, 5.74) is 3.25. The maximum Gasteiger partial charge on any atom is 0.490 e. The quantitative estimate of drug-likeness (QED) is 0.702. The highest BCUT2D eigenvalue weighted by Gasteiger charge is 2.45. The highest BCUT2D eigenvalue weighted by atomic mass is 19.4. The number of piperidine rings is 1. The number of hydrogen-bond donors (Lipinski definition) is 2. The number of fused-ring (bicyclic) bond motifs is 2. The number of ether oxygens (including phenoxy) is 1. The molecule has 1 aromatic carbocycles. The number of hydrogen-bond acceptors (Lipinski definition) is 4. The van der Waals surface area contributed by atoms with Crippen molar-refractivity contribution in [1.82, 2.24) is 10.2 Å². The molecule has 1 aliphatic carbocycles. The Morgan fingerprint density at radius 3 is 2.36 bits per heavy atom. The Balaban J connectivity index is 0.000000383. The van der Waals surface area contributed by atoms with Gasteiger partial charge in [-0.2, -0.15) is 13.2 Å². The van der Waals surface area contributed by atoms with Crippen LogP contribution in [-0.2, 0) is 19.7 Å². The molecular weight excluding hydrogens is 437 g/mol. The van der Waals surface area contributed by atoms with E-state index in [2.05, 4.69) is 34.5 Å². The summed E-state index contributed by atoms with van der Waals surface area (Å²) in [4.78, 5) is 23.6. The molecule has 0 radical (unpaired) electrons. The van der Waals surface area contributed by atoms with Gasteiger partial charge < -0.3 is 20.1 Å². The molecule has 1 aromatic rings. The summed E-state index contributed by atoms with van der Waals surface area (Å²) in [6.45, 7) is 5.51. The van der Waals surface area contributed by atoms with Gasteiger partial charge in [0.05, 0.1) is 0 Å². The van der Waals surface area contributed by atoms with Crippen molar-refractivity contribution in [3.05, 3.63) is 35.4 Å². The number of rotatable bonds is 4. The molecule has 1 unspecified atom stereocenters. The standard InChI is InChI=1S/C22H32N2O2.C2HF3O2/c1-23-21(25)14-18-15-22(20-5-3-2-4-19(18)20)8-10-24(11-9-22)16-17-6-12-26-13-7-17;3-2(4,5)1(6)7/h2-5,17-18H,6-16H2,1H3,(H,23,25);(H,6,7). The van der Waals surface area contributed by atoms with Crippen LogP contribution in [0.5, 0.6) is 0 Å². The van der Waals surface area contributed by atoms with E-state index >= 15 is 0 Å². The average Bonchev–Trinajstić information content (AvgIpc) is 3.09. The van der Waals surface area contributed by atoms with E-state index in [1.807, 2.05) is 0 Å². The number of aliphatic carboxylic acids is 1. The molecule has 3 aliphatic rings. The number of amides is 1. The highest BCUT2D eigenvalue weighted by molar-refractivity contribution is 5.77. The lowest BCUT2D eigenvalue weighted by Gasteiger charge is -2.42. The molecular formula is C24H33F3N2O4. The molecule has 0 bridgehead atoms. The van der Waals surface area contributed by atoms with Gasteiger partial charge in [-0.1, -0.05) is 24.3 Å². The zero-order chi connectivity index (χ0) is 24.1. The summed E-state index contributed by atoms with van der Waals surface area (Å²) < 4.78 is 37.2. The molecule has 2 aliphatic heterocycles. The van der Waals surface area contributed by atoms with E-state index in [0.717, 1.165) is 25.6 Å². The van der Waals surface area contributed by atoms with Crippen LogP contribution in [0.15, 0.2) is 24.3 Å². The van der Waals surface area contributed by atoms with Gasteiger partial charge in [0.2, 0.25) is 5.91 Å². The fourth-order valence-electron chi connectivity index (χ4n) is 5.47. The number of halogens is 3. The van der Waals surface area contributed by atoms with E-state index in [1.165, 1.54) is 56.4 Å². The Labute approximate surface area is 192 Å². The molecule has 6 nitrogen and oxygen atoms in total. The lowest BCUT2D eigenvalue weighted by atomic mass is 9.73. The van der Waals surface area contributed by atoms with Gasteiger partial charge in [-0.25, -0.2) is 4.79 Å². The third kappa shape index (κ3) is 6.47. The van der Waals surface area contributed by atoms with E-state index in [9.17, 15) is 18.0 Å². The number of carboxylic acid groups (broad SMARTS) is 1. The fraction of sp³-hybridized carbons (Fsp3) is 0.667. The van der Waals surface area contributed by atoms with Gasteiger partial charge >= 0.3 is 12.1 Å². The monoisotopic (exact) mass is 470 g/mol. The summed E-state index contributed by atoms with van der Waals surface area (Å²) >= 11 is 0. The van der Waals surface area contributed by atoms with Crippen molar-refractivity contribution < 1.29 is 32.6 Å². The minimum Gasteiger partial charge on any atom is -0.475 e. The van der Waals surface area contributed by atoms with Crippen molar-refractivity contribution in [3.63, 3.8) is 0 Å². The number of carbonyl (C=O) groups is 2. The lowest BCUT2D eigenvalue weighted by molar-refractivity contribution is -0.192. The van der Waals surface area contributed by atoms with Crippen LogP contribution in [0.4, 0.5) is 13.2 Å². The molecule has 9 heteroatoms. The average molecular weight is 471 g/mol. The third-order valence-corrected chi connectivity index (χ3v) is 7.23. The van der Waals surface area contributed by atoms with Gasteiger partial charge in [-0.3, -0.25) is 4.79 Å². The number of likely N-dealkylation sites (tertiary alicyclic amines) is 1. The summed E-state index contributed by atoms with van der Waals surface area (Å²) in [5.74, 6) is -1.39. The first kappa shape index (κ1) is 25.5. The van der Waals surface area contributed by atoms with Crippen molar-refractivity contribution in [2.75, 3.05) is 39.9 Å². The zero-order valence-corrected chi connectivity index (χ0v) is 19.0. The van der Waals surface area contributed by atoms with Crippen molar-refractivity contribution in [3.8, 4) is 0 Å². The molecule has 1 spiro atoms. The van der Waals surface area contributed by atoms with Crippen LogP contribution in [0.25, 0.3) is 0 Å². The second-order valence-electron chi connectivity index (χ2n) is 9.31. The minimum atomic E-state index is -5.08. The molecule has 2 heterocycles. The van der Waals surface area contributed by atoms with Crippen molar-refractivity contribution in [2.24, 2.45) is 5.92 Å². The van der Waals surface area contributed by atoms with E-state index in [0.29, 0.717) is 17.8 Å². The van der Waals surface area contributed by atoms with Gasteiger partial charge in [-0.15, -0.1) is 0 Å². The molecule has 33 heavy (non-hydrogen) atoms. The van der Waals surface area contributed by atoms with E-state index in [4.69, 9.17) is 14.6 Å². The Bertz CT molecular complexity index is 816. The van der Waals surface area contributed by atoms with Crippen molar-refractivity contribution >= 4 is 11.9 Å². The maximum atomic E-state index is 12.0. The Kier molecular flexibility index (Phi) is 8.39. The van der Waals surface area contributed by atoms with Gasteiger partial charge in [-0.05, 0) is 73.6 Å². The Morgan fingerprint density at radius 1 is 1.18 bits per heavy atom. The third-order valence-electron chi connectivity index (χ3n) is 7.23. The molecule has 4 rings (SSSR count). The second kappa shape index (κ2) is 10.9. The molecule has 2 saturated heterocycles. The van der Waals surface area contributed by atoms with Crippen LogP contribution < -0.4 is 5.32 Å². The first-order valence-corrected chi connectivity index (χ1v) is 11.5. The zero-order valence-electron chi connectivity index (χ0n) is 19.0. The molecule has 184 valence electrons. The highest BCUT2D eigenvalue weighted by Crippen LogP contribution is 2.52. The van der Waals surface area contributed by atoms with Crippen LogP contribution in [-0.4, -0.2) is 68.0 Å². The van der Waals surface area contributed by atoms with Gasteiger partial charge in [0, 0.05) is 33.2 Å². The molecule has 0 aromatic heterocycles. The first-order chi connectivity index (χ1) is 15.6. The van der Waals surface area contributed by atoms with Crippen LogP contribution in [0.2, 0.25) is 0 Å². The SMILES string of the molecule is CNC(=O)CC1CC2(CCN(CC3CCOCC3)CC2)c2ccccc21.O=C(O)C(F)(F)F. The van der Waals surface area contributed by atoms with E-state index in [1.54, 1.807) is 7.05 Å². The van der Waals surface area contributed by atoms with Crippen molar-refractivity contribution in [2.45, 2.75) is 56.0 Å². The molecule has 1 atom stereocenters. The molecule has 1 amide bonds. The van der Waals surface area contributed by atoms with Crippen molar-refractivity contribution in [1.29, 1.82) is 0 Å². The van der Waals surface area contributed by atoms with Crippen LogP contribution in [0, 0.1) is 5.92 Å². The van der Waals surface area contributed by atoms with E-state index < -0.39 is 12.1 Å². The fourth-order valence-corrected chi connectivity index (χ4v) is 5.47. The summed E-state index contributed by atoms with van der Waals surface area (Å²) in [7, 11) is 1.74. The van der Waals surface area contributed by atoms with Crippen LogP contribution >= 0.6 is 0 Å². The van der Waals surface area contributed by atoms with Gasteiger partial charge in [0.25, 0.3) is 0 Å². The summed E-state index contributed by atoms with van der Waals surface area (Å²) in [6.07, 6.45) is 1.60. The number of carbonyl (C=O) groups excluding carboxylic acids is 1. The predicted octanol–water partition coefficient (Wildman–Crippen LogP) is 3.70. The second-order valence-corrected chi connectivity index (χ2v) is 9.31. The lowest BCUT2D eigenvalue weighted by Crippen LogP contribution is -2.44. The molecule has 2 fully saturated rings. The number of nitrogens with one attached hydrogen (secondary N) is 1. The maximum absolute atomic E-state index is 12.0. The van der Waals surface area contributed by atoms with Gasteiger partial charge in [0.1, 0.15) is 0 Å². The number of carboxylic acids is 1. The first-order valence-electron chi connectivity index (χ1n) is 11.5. The van der Waals surface area contributed by atoms with Crippen LogP contribution in [0.1, 0.15) is 55.6 Å². The smallest absolute Gasteiger partial charge is 0.475 e. The number of nitrogens with zero attached hydrogens (tertiary/aromatic N) is 1. The topological polar surface area (TPSA) is 78.9 Å². The van der Waals surface area contributed by atoms with E-state index in [-0.39, 0.29) is 5.91 Å². The van der Waals surface area contributed by atoms with Gasteiger partial charge in [0.15, 0.2) is 0 Å². The molecule has 0 saturated carbocycles. The Hall–Kier alpha value is -2.13. The Morgan fingerprint density at radius 2 is 1.79 bits per heavy atom. The predicted molar refractivity (Wildman–Crippen MR) is 117 cm³/mol.